The predicted molar refractivity (Wildman–Crippen MR) is 57.7 cm³/mol. The lowest BCUT2D eigenvalue weighted by atomic mass is 9.93. The Morgan fingerprint density at radius 1 is 1.57 bits per heavy atom. The van der Waals surface area contributed by atoms with E-state index in [4.69, 9.17) is 11.5 Å². The van der Waals surface area contributed by atoms with Crippen LogP contribution in [0, 0.1) is 5.41 Å². The first-order chi connectivity index (χ1) is 6.62. The zero-order valence-corrected chi connectivity index (χ0v) is 8.53. The molecule has 1 saturated carbocycles. The van der Waals surface area contributed by atoms with Crippen molar-refractivity contribution in [1.29, 1.82) is 0 Å². The molecular weight excluding hydrogens is 174 g/mol. The first-order valence-corrected chi connectivity index (χ1v) is 5.07. The number of nitrogens with zero attached hydrogens (tertiary/aromatic N) is 1. The van der Waals surface area contributed by atoms with Crippen LogP contribution in [-0.4, -0.2) is 11.0 Å². The van der Waals surface area contributed by atoms with E-state index in [1.807, 2.05) is 12.1 Å². The van der Waals surface area contributed by atoms with E-state index in [1.54, 1.807) is 6.20 Å². The third-order valence-electron chi connectivity index (χ3n) is 3.30. The number of nitrogens with two attached hydrogens (primary N) is 2. The van der Waals surface area contributed by atoms with Gasteiger partial charge in [-0.15, -0.1) is 0 Å². The van der Waals surface area contributed by atoms with Gasteiger partial charge in [0, 0.05) is 12.2 Å². The maximum absolute atomic E-state index is 6.13. The lowest BCUT2D eigenvalue weighted by molar-refractivity contribution is 0.433. The second-order valence-corrected chi connectivity index (χ2v) is 4.51. The van der Waals surface area contributed by atoms with Crippen molar-refractivity contribution in [3.05, 3.63) is 23.9 Å². The molecule has 0 aliphatic heterocycles. The molecule has 0 amide bonds. The molecule has 1 atom stereocenters. The summed E-state index contributed by atoms with van der Waals surface area (Å²) >= 11 is 0. The second kappa shape index (κ2) is 3.24. The predicted octanol–water partition coefficient (Wildman–Crippen LogP) is 1.33. The van der Waals surface area contributed by atoms with Gasteiger partial charge >= 0.3 is 0 Å². The summed E-state index contributed by atoms with van der Waals surface area (Å²) in [5.41, 5.74) is 13.3. The fourth-order valence-electron chi connectivity index (χ4n) is 1.67. The summed E-state index contributed by atoms with van der Waals surface area (Å²) in [5.74, 6) is 0.618. The van der Waals surface area contributed by atoms with E-state index in [9.17, 15) is 0 Å². The largest absolute Gasteiger partial charge is 0.383 e. The Bertz CT molecular complexity index is 331. The summed E-state index contributed by atoms with van der Waals surface area (Å²) in [7, 11) is 0. The van der Waals surface area contributed by atoms with Crippen molar-refractivity contribution in [3.8, 4) is 0 Å². The van der Waals surface area contributed by atoms with Crippen LogP contribution in [0.4, 0.5) is 5.82 Å². The summed E-state index contributed by atoms with van der Waals surface area (Å²) in [6, 6.07) is 4.13. The lowest BCUT2D eigenvalue weighted by Gasteiger charge is -2.19. The smallest absolute Gasteiger partial charge is 0.126 e. The molecule has 0 radical (unpaired) electrons. The summed E-state index contributed by atoms with van der Waals surface area (Å²) in [4.78, 5) is 4.06. The Morgan fingerprint density at radius 2 is 2.29 bits per heavy atom. The first-order valence-electron chi connectivity index (χ1n) is 5.07. The van der Waals surface area contributed by atoms with Crippen molar-refractivity contribution >= 4 is 5.82 Å². The van der Waals surface area contributed by atoms with Gasteiger partial charge in [0.05, 0.1) is 0 Å². The van der Waals surface area contributed by atoms with Gasteiger partial charge in [0.15, 0.2) is 0 Å². The van der Waals surface area contributed by atoms with Gasteiger partial charge in [0.25, 0.3) is 0 Å². The van der Waals surface area contributed by atoms with E-state index in [0.717, 1.165) is 12.0 Å². The number of pyridine rings is 1. The van der Waals surface area contributed by atoms with Crippen LogP contribution >= 0.6 is 0 Å². The van der Waals surface area contributed by atoms with Gasteiger partial charge in [-0.3, -0.25) is 0 Å². The molecule has 1 aromatic heterocycles. The molecule has 0 bridgehead atoms. The average molecular weight is 191 g/mol. The maximum atomic E-state index is 6.13. The van der Waals surface area contributed by atoms with Crippen LogP contribution in [-0.2, 0) is 6.42 Å². The molecule has 0 aromatic carbocycles. The number of anilines is 1. The highest BCUT2D eigenvalue weighted by molar-refractivity contribution is 5.39. The van der Waals surface area contributed by atoms with Gasteiger partial charge in [-0.2, -0.15) is 0 Å². The number of hydrogen-bond donors (Lipinski definition) is 2. The first kappa shape index (κ1) is 9.46. The molecule has 1 fully saturated rings. The Hall–Kier alpha value is -1.09. The van der Waals surface area contributed by atoms with Gasteiger partial charge in [-0.05, 0) is 36.3 Å². The number of aromatic nitrogens is 1. The van der Waals surface area contributed by atoms with E-state index in [1.165, 1.54) is 12.8 Å². The minimum atomic E-state index is 0.217. The standard InChI is InChI=1S/C11H17N3/c1-11(4-5-11)9(12)7-8-3-2-6-14-10(8)13/h2-3,6,9H,4-5,7,12H2,1H3,(H2,13,14). The molecule has 1 unspecified atom stereocenters. The van der Waals surface area contributed by atoms with Gasteiger partial charge in [0.1, 0.15) is 5.82 Å². The summed E-state index contributed by atoms with van der Waals surface area (Å²) in [6.45, 7) is 2.24. The number of hydrogen-bond acceptors (Lipinski definition) is 3. The van der Waals surface area contributed by atoms with Gasteiger partial charge in [-0.25, -0.2) is 4.98 Å². The molecule has 4 N–H and O–H groups in total. The summed E-state index contributed by atoms with van der Waals surface area (Å²) < 4.78 is 0. The Labute approximate surface area is 84.5 Å². The monoisotopic (exact) mass is 191 g/mol. The third-order valence-corrected chi connectivity index (χ3v) is 3.30. The van der Waals surface area contributed by atoms with Crippen molar-refractivity contribution in [2.24, 2.45) is 11.1 Å². The van der Waals surface area contributed by atoms with Crippen molar-refractivity contribution in [2.75, 3.05) is 5.73 Å². The topological polar surface area (TPSA) is 64.9 Å². The fraction of sp³-hybridized carbons (Fsp3) is 0.545. The van der Waals surface area contributed by atoms with E-state index >= 15 is 0 Å². The minimum absolute atomic E-state index is 0.217. The van der Waals surface area contributed by atoms with Crippen LogP contribution < -0.4 is 11.5 Å². The van der Waals surface area contributed by atoms with E-state index in [2.05, 4.69) is 11.9 Å². The van der Waals surface area contributed by atoms with Crippen LogP contribution in [0.5, 0.6) is 0 Å². The zero-order chi connectivity index (χ0) is 10.2. The highest BCUT2D eigenvalue weighted by Gasteiger charge is 2.42. The van der Waals surface area contributed by atoms with Gasteiger partial charge in [0.2, 0.25) is 0 Å². The van der Waals surface area contributed by atoms with Crippen LogP contribution in [0.15, 0.2) is 18.3 Å². The van der Waals surface area contributed by atoms with E-state index in [0.29, 0.717) is 11.2 Å². The summed E-state index contributed by atoms with van der Waals surface area (Å²) in [6.07, 6.45) is 5.04. The molecule has 1 heterocycles. The fourth-order valence-corrected chi connectivity index (χ4v) is 1.67. The van der Waals surface area contributed by atoms with E-state index < -0.39 is 0 Å². The maximum Gasteiger partial charge on any atom is 0.126 e. The molecule has 2 rings (SSSR count). The molecule has 76 valence electrons. The Morgan fingerprint density at radius 3 is 2.86 bits per heavy atom. The quantitative estimate of drug-likeness (QED) is 0.757. The van der Waals surface area contributed by atoms with Gasteiger partial charge in [-0.1, -0.05) is 13.0 Å². The molecule has 1 aliphatic carbocycles. The van der Waals surface area contributed by atoms with Crippen molar-refractivity contribution < 1.29 is 0 Å². The highest BCUT2D eigenvalue weighted by Crippen LogP contribution is 2.48. The SMILES string of the molecule is CC1(C(N)Cc2cccnc2N)CC1. The minimum Gasteiger partial charge on any atom is -0.383 e. The normalized spacial score (nSPS) is 20.4. The molecule has 14 heavy (non-hydrogen) atoms. The molecule has 1 aliphatic rings. The molecule has 1 aromatic rings. The van der Waals surface area contributed by atoms with E-state index in [-0.39, 0.29) is 6.04 Å². The lowest BCUT2D eigenvalue weighted by Crippen LogP contribution is -2.32. The molecule has 0 saturated heterocycles. The second-order valence-electron chi connectivity index (χ2n) is 4.51. The van der Waals surface area contributed by atoms with Crippen LogP contribution in [0.3, 0.4) is 0 Å². The van der Waals surface area contributed by atoms with Crippen molar-refractivity contribution in [1.82, 2.24) is 4.98 Å². The van der Waals surface area contributed by atoms with Crippen molar-refractivity contribution in [2.45, 2.75) is 32.2 Å². The van der Waals surface area contributed by atoms with Crippen molar-refractivity contribution in [3.63, 3.8) is 0 Å². The third kappa shape index (κ3) is 1.73. The molecule has 3 heteroatoms. The molecule has 3 nitrogen and oxygen atoms in total. The average Bonchev–Trinajstić information content (AvgIpc) is 2.89. The number of rotatable bonds is 3. The zero-order valence-electron chi connectivity index (χ0n) is 8.53. The Kier molecular flexibility index (Phi) is 2.19. The van der Waals surface area contributed by atoms with Gasteiger partial charge < -0.3 is 11.5 Å². The molecule has 0 spiro atoms. The highest BCUT2D eigenvalue weighted by atomic mass is 14.8. The van der Waals surface area contributed by atoms with Crippen LogP contribution in [0.2, 0.25) is 0 Å². The summed E-state index contributed by atoms with van der Waals surface area (Å²) in [5, 5.41) is 0. The van der Waals surface area contributed by atoms with Crippen LogP contribution in [0.25, 0.3) is 0 Å². The Balaban J connectivity index is 2.07. The molecular formula is C11H17N3. The number of nitrogen functional groups attached to an aromatic ring is 1. The van der Waals surface area contributed by atoms with Crippen LogP contribution in [0.1, 0.15) is 25.3 Å².